The maximum absolute atomic E-state index is 10.3. The molecule has 0 radical (unpaired) electrons. The van der Waals surface area contributed by atoms with Crippen molar-refractivity contribution in [2.45, 2.75) is 6.04 Å². The minimum atomic E-state index is -0.935. The van der Waals surface area contributed by atoms with E-state index in [0.717, 1.165) is 23.7 Å². The molecule has 82 valence electrons. The average molecular weight is 216 g/mol. The zero-order valence-electron chi connectivity index (χ0n) is 8.63. The summed E-state index contributed by atoms with van der Waals surface area (Å²) in [4.78, 5) is 14.4. The SMILES string of the molecule is O=C(O)/C=C/c1ccc(C2CN=CN2)cc1. The topological polar surface area (TPSA) is 61.7 Å². The van der Waals surface area contributed by atoms with Crippen LogP contribution in [0, 0.1) is 0 Å². The number of nitrogens with one attached hydrogen (secondary N) is 1. The maximum atomic E-state index is 10.3. The van der Waals surface area contributed by atoms with E-state index in [1.165, 1.54) is 0 Å². The van der Waals surface area contributed by atoms with Crippen LogP contribution in [0.4, 0.5) is 0 Å². The molecule has 1 unspecified atom stereocenters. The molecular weight excluding hydrogens is 204 g/mol. The number of hydrogen-bond donors (Lipinski definition) is 2. The molecule has 16 heavy (non-hydrogen) atoms. The molecule has 4 nitrogen and oxygen atoms in total. The molecule has 0 amide bonds. The second-order valence-corrected chi connectivity index (χ2v) is 3.55. The molecule has 0 aliphatic carbocycles. The third kappa shape index (κ3) is 2.48. The summed E-state index contributed by atoms with van der Waals surface area (Å²) in [7, 11) is 0. The third-order valence-corrected chi connectivity index (χ3v) is 2.41. The quantitative estimate of drug-likeness (QED) is 0.752. The molecule has 0 saturated heterocycles. The molecular formula is C12H12N2O2. The molecule has 0 aromatic heterocycles. The zero-order valence-corrected chi connectivity index (χ0v) is 8.63. The molecule has 0 bridgehead atoms. The van der Waals surface area contributed by atoms with Gasteiger partial charge in [0, 0.05) is 6.08 Å². The molecule has 1 atom stereocenters. The second-order valence-electron chi connectivity index (χ2n) is 3.55. The number of hydrogen-bond acceptors (Lipinski definition) is 3. The van der Waals surface area contributed by atoms with Gasteiger partial charge in [-0.1, -0.05) is 24.3 Å². The first-order chi connectivity index (χ1) is 7.75. The van der Waals surface area contributed by atoms with Gasteiger partial charge >= 0.3 is 5.97 Å². The third-order valence-electron chi connectivity index (χ3n) is 2.41. The molecule has 4 heteroatoms. The highest BCUT2D eigenvalue weighted by Gasteiger charge is 2.11. The van der Waals surface area contributed by atoms with Crippen molar-refractivity contribution >= 4 is 18.4 Å². The molecule has 1 aromatic rings. The van der Waals surface area contributed by atoms with Gasteiger partial charge in [0.25, 0.3) is 0 Å². The van der Waals surface area contributed by atoms with Crippen molar-refractivity contribution in [1.82, 2.24) is 5.32 Å². The van der Waals surface area contributed by atoms with Gasteiger partial charge in [0.2, 0.25) is 0 Å². The van der Waals surface area contributed by atoms with Crippen LogP contribution < -0.4 is 5.32 Å². The summed E-state index contributed by atoms with van der Waals surface area (Å²) >= 11 is 0. The molecule has 1 aromatic carbocycles. The summed E-state index contributed by atoms with van der Waals surface area (Å²) in [5.41, 5.74) is 2.04. The molecule has 0 spiro atoms. The van der Waals surface area contributed by atoms with Crippen LogP contribution in [0.5, 0.6) is 0 Å². The monoisotopic (exact) mass is 216 g/mol. The number of aliphatic carboxylic acids is 1. The van der Waals surface area contributed by atoms with E-state index in [1.807, 2.05) is 24.3 Å². The highest BCUT2D eigenvalue weighted by molar-refractivity contribution is 5.85. The van der Waals surface area contributed by atoms with Crippen molar-refractivity contribution in [2.24, 2.45) is 4.99 Å². The standard InChI is InChI=1S/C12H12N2O2/c15-12(16)6-3-9-1-4-10(5-2-9)11-7-13-8-14-11/h1-6,8,11H,7H2,(H,13,14)(H,15,16)/b6-3+. The number of nitrogens with zero attached hydrogens (tertiary/aromatic N) is 1. The average Bonchev–Trinajstić information content (AvgIpc) is 2.80. The van der Waals surface area contributed by atoms with Crippen molar-refractivity contribution in [3.63, 3.8) is 0 Å². The van der Waals surface area contributed by atoms with Crippen LogP contribution in [0.3, 0.4) is 0 Å². The molecule has 0 fully saturated rings. The molecule has 0 saturated carbocycles. The van der Waals surface area contributed by atoms with Crippen molar-refractivity contribution < 1.29 is 9.90 Å². The largest absolute Gasteiger partial charge is 0.478 e. The van der Waals surface area contributed by atoms with Crippen LogP contribution in [-0.2, 0) is 4.79 Å². The van der Waals surface area contributed by atoms with Crippen molar-refractivity contribution in [2.75, 3.05) is 6.54 Å². The van der Waals surface area contributed by atoms with Crippen LogP contribution in [0.1, 0.15) is 17.2 Å². The summed E-state index contributed by atoms with van der Waals surface area (Å²) in [5.74, 6) is -0.935. The number of carbonyl (C=O) groups is 1. The van der Waals surface area contributed by atoms with Gasteiger partial charge in [-0.25, -0.2) is 4.79 Å². The van der Waals surface area contributed by atoms with E-state index in [-0.39, 0.29) is 6.04 Å². The normalized spacial score (nSPS) is 18.9. The van der Waals surface area contributed by atoms with E-state index in [9.17, 15) is 4.79 Å². The van der Waals surface area contributed by atoms with Crippen molar-refractivity contribution in [3.8, 4) is 0 Å². The van der Waals surface area contributed by atoms with Crippen LogP contribution in [0.2, 0.25) is 0 Å². The summed E-state index contributed by atoms with van der Waals surface area (Å²) in [6, 6.07) is 8.00. The van der Waals surface area contributed by atoms with E-state index in [0.29, 0.717) is 0 Å². The maximum Gasteiger partial charge on any atom is 0.328 e. The summed E-state index contributed by atoms with van der Waals surface area (Å²) in [6.07, 6.45) is 4.42. The Hall–Kier alpha value is -2.10. The lowest BCUT2D eigenvalue weighted by Gasteiger charge is -2.09. The minimum Gasteiger partial charge on any atom is -0.478 e. The lowest BCUT2D eigenvalue weighted by Crippen LogP contribution is -2.15. The number of benzene rings is 1. The highest BCUT2D eigenvalue weighted by Crippen LogP contribution is 2.16. The fourth-order valence-corrected chi connectivity index (χ4v) is 1.56. The van der Waals surface area contributed by atoms with E-state index in [4.69, 9.17) is 5.11 Å². The van der Waals surface area contributed by atoms with Crippen LogP contribution in [0.15, 0.2) is 35.3 Å². The van der Waals surface area contributed by atoms with Crippen LogP contribution in [0.25, 0.3) is 6.08 Å². The van der Waals surface area contributed by atoms with Crippen molar-refractivity contribution in [3.05, 3.63) is 41.5 Å². The molecule has 2 N–H and O–H groups in total. The Balaban J connectivity index is 2.07. The Morgan fingerprint density at radius 1 is 1.44 bits per heavy atom. The van der Waals surface area contributed by atoms with Gasteiger partial charge in [-0.3, -0.25) is 4.99 Å². The Morgan fingerprint density at radius 2 is 2.19 bits per heavy atom. The van der Waals surface area contributed by atoms with E-state index < -0.39 is 5.97 Å². The Morgan fingerprint density at radius 3 is 2.75 bits per heavy atom. The number of carboxylic acids is 1. The van der Waals surface area contributed by atoms with Crippen LogP contribution >= 0.6 is 0 Å². The summed E-state index contributed by atoms with van der Waals surface area (Å²) < 4.78 is 0. The fraction of sp³-hybridized carbons (Fsp3) is 0.167. The molecule has 1 aliphatic rings. The number of rotatable bonds is 3. The minimum absolute atomic E-state index is 0.248. The van der Waals surface area contributed by atoms with Gasteiger partial charge in [-0.15, -0.1) is 0 Å². The van der Waals surface area contributed by atoms with Gasteiger partial charge in [0.15, 0.2) is 0 Å². The smallest absolute Gasteiger partial charge is 0.328 e. The van der Waals surface area contributed by atoms with Crippen molar-refractivity contribution in [1.29, 1.82) is 0 Å². The first-order valence-electron chi connectivity index (χ1n) is 5.01. The predicted octanol–water partition coefficient (Wildman–Crippen LogP) is 1.46. The first kappa shape index (κ1) is 10.4. The van der Waals surface area contributed by atoms with Gasteiger partial charge < -0.3 is 10.4 Å². The lowest BCUT2D eigenvalue weighted by molar-refractivity contribution is -0.131. The number of aliphatic imine (C=N–C) groups is 1. The number of carboxylic acid groups (broad SMARTS) is 1. The van der Waals surface area contributed by atoms with E-state index in [2.05, 4.69) is 10.3 Å². The van der Waals surface area contributed by atoms with E-state index >= 15 is 0 Å². The van der Waals surface area contributed by atoms with Gasteiger partial charge in [0.1, 0.15) is 0 Å². The first-order valence-corrected chi connectivity index (χ1v) is 5.01. The van der Waals surface area contributed by atoms with Gasteiger partial charge in [-0.2, -0.15) is 0 Å². The Bertz CT molecular complexity index is 427. The Kier molecular flexibility index (Phi) is 3.00. The molecule has 2 rings (SSSR count). The highest BCUT2D eigenvalue weighted by atomic mass is 16.4. The summed E-state index contributed by atoms with van der Waals surface area (Å²) in [6.45, 7) is 0.754. The summed E-state index contributed by atoms with van der Waals surface area (Å²) in [5, 5.41) is 11.6. The Labute approximate surface area is 93.3 Å². The van der Waals surface area contributed by atoms with Gasteiger partial charge in [0.05, 0.1) is 18.9 Å². The lowest BCUT2D eigenvalue weighted by atomic mass is 10.1. The van der Waals surface area contributed by atoms with Gasteiger partial charge in [-0.05, 0) is 17.2 Å². The fourth-order valence-electron chi connectivity index (χ4n) is 1.56. The van der Waals surface area contributed by atoms with E-state index in [1.54, 1.807) is 12.4 Å². The zero-order chi connectivity index (χ0) is 11.4. The molecule has 1 aliphatic heterocycles. The predicted molar refractivity (Wildman–Crippen MR) is 62.3 cm³/mol. The second kappa shape index (κ2) is 4.61. The molecule has 1 heterocycles. The van der Waals surface area contributed by atoms with Crippen LogP contribution in [-0.4, -0.2) is 24.0 Å².